The molecule has 6 rings (SSSR count). The molecule has 5 nitrogen and oxygen atoms in total. The van der Waals surface area contributed by atoms with E-state index in [1.54, 1.807) is 31.3 Å². The lowest BCUT2D eigenvalue weighted by atomic mass is 9.48. The average Bonchev–Trinajstić information content (AvgIpc) is 2.67. The number of benzene rings is 2. The predicted octanol–water partition coefficient (Wildman–Crippen LogP) is 5.83. The molecule has 4 fully saturated rings. The van der Waals surface area contributed by atoms with Gasteiger partial charge in [-0.05, 0) is 92.4 Å². The number of aromatic hydroxyl groups is 1. The third-order valence-corrected chi connectivity index (χ3v) is 7.42. The number of rotatable bonds is 4. The minimum absolute atomic E-state index is 0.0613. The topological polar surface area (TPSA) is 75.7 Å². The first-order valence-electron chi connectivity index (χ1n) is 10.5. The highest BCUT2D eigenvalue weighted by atomic mass is 16.6. The monoisotopic (exact) mass is 390 g/mol. The SMILES string of the molecule is Cc1ccc(N=Cc2cc(C34CC5CC(CC(C5)C3)C4)ccc2O)cc1[N+](=O)[O-]. The van der Waals surface area contributed by atoms with Crippen LogP contribution < -0.4 is 0 Å². The number of aliphatic imine (C=N–C) groups is 1. The molecule has 150 valence electrons. The summed E-state index contributed by atoms with van der Waals surface area (Å²) in [5.41, 5.74) is 3.45. The summed E-state index contributed by atoms with van der Waals surface area (Å²) in [5.74, 6) is 2.78. The van der Waals surface area contributed by atoms with Gasteiger partial charge in [0.25, 0.3) is 5.69 Å². The first-order valence-corrected chi connectivity index (χ1v) is 10.5. The highest BCUT2D eigenvalue weighted by Crippen LogP contribution is 2.60. The highest BCUT2D eigenvalue weighted by Gasteiger charge is 2.51. The van der Waals surface area contributed by atoms with Gasteiger partial charge in [0.2, 0.25) is 0 Å². The maximum Gasteiger partial charge on any atom is 0.274 e. The third kappa shape index (κ3) is 3.22. The summed E-state index contributed by atoms with van der Waals surface area (Å²) in [5, 5.41) is 21.5. The predicted molar refractivity (Wildman–Crippen MR) is 113 cm³/mol. The molecule has 2 aromatic carbocycles. The number of hydrogen-bond donors (Lipinski definition) is 1. The minimum atomic E-state index is -0.389. The van der Waals surface area contributed by atoms with Crippen molar-refractivity contribution in [2.75, 3.05) is 0 Å². The summed E-state index contributed by atoms with van der Waals surface area (Å²) >= 11 is 0. The van der Waals surface area contributed by atoms with Crippen molar-refractivity contribution in [3.05, 3.63) is 63.2 Å². The van der Waals surface area contributed by atoms with Gasteiger partial charge in [0.15, 0.2) is 0 Å². The summed E-state index contributed by atoms with van der Waals surface area (Å²) < 4.78 is 0. The Morgan fingerprint density at radius 3 is 2.34 bits per heavy atom. The van der Waals surface area contributed by atoms with Crippen LogP contribution in [0.3, 0.4) is 0 Å². The zero-order valence-corrected chi connectivity index (χ0v) is 16.7. The van der Waals surface area contributed by atoms with Crippen LogP contribution in [0, 0.1) is 34.8 Å². The van der Waals surface area contributed by atoms with Gasteiger partial charge in [-0.1, -0.05) is 12.1 Å². The van der Waals surface area contributed by atoms with Gasteiger partial charge >= 0.3 is 0 Å². The van der Waals surface area contributed by atoms with E-state index < -0.39 is 0 Å². The lowest BCUT2D eigenvalue weighted by Gasteiger charge is -2.57. The molecule has 0 unspecified atom stereocenters. The van der Waals surface area contributed by atoms with E-state index in [9.17, 15) is 15.2 Å². The fraction of sp³-hybridized carbons (Fsp3) is 0.458. The molecule has 4 saturated carbocycles. The van der Waals surface area contributed by atoms with Crippen molar-refractivity contribution in [1.29, 1.82) is 0 Å². The Balaban J connectivity index is 1.46. The van der Waals surface area contributed by atoms with E-state index in [0.717, 1.165) is 17.8 Å². The van der Waals surface area contributed by atoms with Crippen molar-refractivity contribution >= 4 is 17.6 Å². The fourth-order valence-corrected chi connectivity index (χ4v) is 6.47. The van der Waals surface area contributed by atoms with Crippen molar-refractivity contribution in [3.63, 3.8) is 0 Å². The average molecular weight is 390 g/mol. The number of aryl methyl sites for hydroxylation is 1. The van der Waals surface area contributed by atoms with Gasteiger partial charge in [-0.25, -0.2) is 0 Å². The number of nitrogens with zero attached hydrogens (tertiary/aromatic N) is 2. The Morgan fingerprint density at radius 1 is 1.07 bits per heavy atom. The van der Waals surface area contributed by atoms with E-state index in [-0.39, 0.29) is 21.8 Å². The molecule has 29 heavy (non-hydrogen) atoms. The zero-order valence-electron chi connectivity index (χ0n) is 16.7. The van der Waals surface area contributed by atoms with E-state index in [1.165, 1.54) is 50.2 Å². The summed E-state index contributed by atoms with van der Waals surface area (Å²) in [7, 11) is 0. The first-order chi connectivity index (χ1) is 13.9. The van der Waals surface area contributed by atoms with E-state index in [1.807, 2.05) is 0 Å². The molecule has 4 aliphatic carbocycles. The van der Waals surface area contributed by atoms with E-state index in [0.29, 0.717) is 16.8 Å². The van der Waals surface area contributed by atoms with Gasteiger partial charge in [-0.3, -0.25) is 15.1 Å². The Bertz CT molecular complexity index is 976. The first kappa shape index (κ1) is 18.3. The van der Waals surface area contributed by atoms with Crippen molar-refractivity contribution in [3.8, 4) is 5.75 Å². The van der Waals surface area contributed by atoms with Gasteiger partial charge < -0.3 is 5.11 Å². The molecule has 0 heterocycles. The van der Waals surface area contributed by atoms with Gasteiger partial charge in [-0.15, -0.1) is 0 Å². The fourth-order valence-electron chi connectivity index (χ4n) is 6.47. The molecule has 0 aromatic heterocycles. The maximum atomic E-state index is 11.2. The molecule has 0 amide bonds. The zero-order chi connectivity index (χ0) is 20.2. The van der Waals surface area contributed by atoms with Gasteiger partial charge in [0, 0.05) is 23.4 Å². The smallest absolute Gasteiger partial charge is 0.274 e. The molecule has 0 saturated heterocycles. The second kappa shape index (κ2) is 6.68. The molecular weight excluding hydrogens is 364 g/mol. The molecule has 0 spiro atoms. The molecular formula is C24H26N2O3. The molecule has 0 aliphatic heterocycles. The van der Waals surface area contributed by atoms with Crippen LogP contribution in [0.5, 0.6) is 5.75 Å². The van der Waals surface area contributed by atoms with Gasteiger partial charge in [0.1, 0.15) is 5.75 Å². The third-order valence-electron chi connectivity index (χ3n) is 7.42. The van der Waals surface area contributed by atoms with Crippen LogP contribution in [-0.4, -0.2) is 16.2 Å². The summed E-state index contributed by atoms with van der Waals surface area (Å²) in [6, 6.07) is 10.9. The Hall–Kier alpha value is -2.69. The molecule has 1 N–H and O–H groups in total. The lowest BCUT2D eigenvalue weighted by molar-refractivity contribution is -0.385. The number of nitro benzene ring substituents is 1. The molecule has 2 aromatic rings. The molecule has 4 aliphatic rings. The maximum absolute atomic E-state index is 11.2. The molecule has 0 radical (unpaired) electrons. The highest BCUT2D eigenvalue weighted by molar-refractivity contribution is 5.86. The van der Waals surface area contributed by atoms with E-state index >= 15 is 0 Å². The Morgan fingerprint density at radius 2 is 1.72 bits per heavy atom. The second-order valence-electron chi connectivity index (χ2n) is 9.46. The van der Waals surface area contributed by atoms with Crippen LogP contribution in [0.15, 0.2) is 41.4 Å². The normalized spacial score (nSPS) is 30.2. The van der Waals surface area contributed by atoms with Crippen molar-refractivity contribution in [2.24, 2.45) is 22.7 Å². The van der Waals surface area contributed by atoms with Gasteiger partial charge in [0.05, 0.1) is 10.6 Å². The second-order valence-corrected chi connectivity index (χ2v) is 9.46. The number of phenols is 1. The van der Waals surface area contributed by atoms with Crippen LogP contribution in [0.4, 0.5) is 11.4 Å². The molecule has 4 bridgehead atoms. The van der Waals surface area contributed by atoms with Crippen LogP contribution in [0.2, 0.25) is 0 Å². The van der Waals surface area contributed by atoms with Crippen LogP contribution in [0.1, 0.15) is 55.2 Å². The van der Waals surface area contributed by atoms with Crippen LogP contribution in [0.25, 0.3) is 0 Å². The minimum Gasteiger partial charge on any atom is -0.507 e. The van der Waals surface area contributed by atoms with Crippen LogP contribution >= 0.6 is 0 Å². The lowest BCUT2D eigenvalue weighted by Crippen LogP contribution is -2.48. The van der Waals surface area contributed by atoms with Crippen molar-refractivity contribution in [2.45, 2.75) is 50.9 Å². The molecule has 0 atom stereocenters. The number of hydrogen-bond acceptors (Lipinski definition) is 4. The van der Waals surface area contributed by atoms with E-state index in [2.05, 4.69) is 17.1 Å². The number of nitro groups is 1. The Labute approximate surface area is 170 Å². The van der Waals surface area contributed by atoms with E-state index in [4.69, 9.17) is 0 Å². The van der Waals surface area contributed by atoms with Crippen molar-refractivity contribution < 1.29 is 10.0 Å². The molecule has 5 heteroatoms. The summed E-state index contributed by atoms with van der Waals surface area (Å²) in [4.78, 5) is 15.2. The van der Waals surface area contributed by atoms with Gasteiger partial charge in [-0.2, -0.15) is 0 Å². The Kier molecular flexibility index (Phi) is 4.23. The quantitative estimate of drug-likeness (QED) is 0.405. The summed E-state index contributed by atoms with van der Waals surface area (Å²) in [6.45, 7) is 1.71. The summed E-state index contributed by atoms with van der Waals surface area (Å²) in [6.07, 6.45) is 9.64. The largest absolute Gasteiger partial charge is 0.507 e. The number of phenolic OH excluding ortho intramolecular Hbond substituents is 1. The van der Waals surface area contributed by atoms with Crippen molar-refractivity contribution in [1.82, 2.24) is 0 Å². The standard InChI is InChI=1S/C24H26N2O3/c1-15-2-4-21(10-22(15)26(28)29)25-14-19-9-20(3-5-23(19)27)24-11-16-6-17(12-24)8-18(7-16)13-24/h2-5,9-10,14,16-18,27H,6-8,11-13H2,1H3. The van der Waals surface area contributed by atoms with Crippen LogP contribution in [-0.2, 0) is 5.41 Å².